The molecule has 1 aromatic carbocycles. The van der Waals surface area contributed by atoms with Gasteiger partial charge in [-0.05, 0) is 37.8 Å². The molecule has 0 fully saturated rings. The minimum absolute atomic E-state index is 0.396. The van der Waals surface area contributed by atoms with E-state index >= 15 is 0 Å². The highest BCUT2D eigenvalue weighted by atomic mass is 32.1. The van der Waals surface area contributed by atoms with Crippen LogP contribution >= 0.6 is 12.2 Å². The van der Waals surface area contributed by atoms with E-state index in [1.54, 1.807) is 0 Å². The Balaban J connectivity index is 2.61. The average Bonchev–Trinajstić information content (AvgIpc) is 2.25. The number of nitrogens with two attached hydrogens (primary N) is 1. The van der Waals surface area contributed by atoms with Crippen LogP contribution < -0.4 is 10.5 Å². The van der Waals surface area contributed by atoms with Crippen LogP contribution in [0.5, 0.6) is 5.75 Å². The number of ether oxygens (including phenoxy) is 1. The minimum atomic E-state index is 0.396. The first-order chi connectivity index (χ1) is 8.00. The van der Waals surface area contributed by atoms with Crippen molar-refractivity contribution in [3.63, 3.8) is 0 Å². The van der Waals surface area contributed by atoms with Crippen molar-refractivity contribution in [2.24, 2.45) is 11.7 Å². The third kappa shape index (κ3) is 4.73. The standard InChI is InChI=1S/C14H21NOS/c1-10(2)5-4-8-16-13-7-6-11(3)9-12(13)14(15)17/h6-7,9-10H,4-5,8H2,1-3H3,(H2,15,17). The molecule has 1 rings (SSSR count). The van der Waals surface area contributed by atoms with Crippen LogP contribution in [-0.2, 0) is 0 Å². The quantitative estimate of drug-likeness (QED) is 0.621. The summed E-state index contributed by atoms with van der Waals surface area (Å²) in [5.74, 6) is 1.51. The van der Waals surface area contributed by atoms with Gasteiger partial charge in [-0.15, -0.1) is 0 Å². The molecule has 0 bridgehead atoms. The summed E-state index contributed by atoms with van der Waals surface area (Å²) in [5, 5.41) is 0. The zero-order valence-electron chi connectivity index (χ0n) is 10.8. The summed E-state index contributed by atoms with van der Waals surface area (Å²) in [6, 6.07) is 5.93. The van der Waals surface area contributed by atoms with Crippen molar-refractivity contribution in [1.29, 1.82) is 0 Å². The lowest BCUT2D eigenvalue weighted by Crippen LogP contribution is -2.12. The van der Waals surface area contributed by atoms with Crippen LogP contribution in [0.15, 0.2) is 18.2 Å². The van der Waals surface area contributed by atoms with E-state index < -0.39 is 0 Å². The van der Waals surface area contributed by atoms with Crippen LogP contribution in [0.25, 0.3) is 0 Å². The molecule has 2 N–H and O–H groups in total. The molecule has 0 aliphatic rings. The number of hydrogen-bond donors (Lipinski definition) is 1. The molecule has 0 atom stereocenters. The second-order valence-corrected chi connectivity index (χ2v) is 5.19. The molecule has 94 valence electrons. The van der Waals surface area contributed by atoms with Gasteiger partial charge in [-0.25, -0.2) is 0 Å². The molecule has 1 aromatic rings. The van der Waals surface area contributed by atoms with Gasteiger partial charge in [0.05, 0.1) is 12.2 Å². The van der Waals surface area contributed by atoms with Gasteiger partial charge < -0.3 is 10.5 Å². The Hall–Kier alpha value is -1.09. The largest absolute Gasteiger partial charge is 0.493 e. The van der Waals surface area contributed by atoms with E-state index in [9.17, 15) is 0 Å². The molecular formula is C14H21NOS. The molecular weight excluding hydrogens is 230 g/mol. The molecule has 2 nitrogen and oxygen atoms in total. The molecule has 0 heterocycles. The molecule has 0 spiro atoms. The van der Waals surface area contributed by atoms with Gasteiger partial charge >= 0.3 is 0 Å². The fraction of sp³-hybridized carbons (Fsp3) is 0.500. The summed E-state index contributed by atoms with van der Waals surface area (Å²) >= 11 is 5.03. The molecule has 0 saturated heterocycles. The van der Waals surface area contributed by atoms with Gasteiger partial charge in [0.1, 0.15) is 10.7 Å². The molecule has 0 radical (unpaired) electrons. The summed E-state index contributed by atoms with van der Waals surface area (Å²) in [4.78, 5) is 0.396. The zero-order valence-corrected chi connectivity index (χ0v) is 11.6. The van der Waals surface area contributed by atoms with E-state index in [2.05, 4.69) is 13.8 Å². The highest BCUT2D eigenvalue weighted by Gasteiger charge is 2.06. The van der Waals surface area contributed by atoms with Gasteiger partial charge in [-0.2, -0.15) is 0 Å². The molecule has 0 aromatic heterocycles. The third-order valence-corrected chi connectivity index (χ3v) is 2.80. The van der Waals surface area contributed by atoms with Crippen LogP contribution in [0.2, 0.25) is 0 Å². The predicted octanol–water partition coefficient (Wildman–Crippen LogP) is 3.44. The Morgan fingerprint density at radius 2 is 2.12 bits per heavy atom. The van der Waals surface area contributed by atoms with Crippen LogP contribution in [0.1, 0.15) is 37.8 Å². The normalized spacial score (nSPS) is 10.6. The number of hydrogen-bond acceptors (Lipinski definition) is 2. The lowest BCUT2D eigenvalue weighted by atomic mass is 10.1. The summed E-state index contributed by atoms with van der Waals surface area (Å²) in [6.07, 6.45) is 2.23. The summed E-state index contributed by atoms with van der Waals surface area (Å²) in [5.41, 5.74) is 7.67. The molecule has 0 amide bonds. The number of aryl methyl sites for hydroxylation is 1. The van der Waals surface area contributed by atoms with Crippen molar-refractivity contribution >= 4 is 17.2 Å². The van der Waals surface area contributed by atoms with E-state index in [0.717, 1.165) is 29.9 Å². The second kappa shape index (κ2) is 6.60. The van der Waals surface area contributed by atoms with E-state index in [1.807, 2.05) is 25.1 Å². The highest BCUT2D eigenvalue weighted by Crippen LogP contribution is 2.20. The summed E-state index contributed by atoms with van der Waals surface area (Å²) in [7, 11) is 0. The van der Waals surface area contributed by atoms with Gasteiger partial charge in [0, 0.05) is 0 Å². The minimum Gasteiger partial charge on any atom is -0.493 e. The van der Waals surface area contributed by atoms with E-state index in [0.29, 0.717) is 10.9 Å². The molecule has 3 heteroatoms. The van der Waals surface area contributed by atoms with Gasteiger partial charge in [0.25, 0.3) is 0 Å². The maximum absolute atomic E-state index is 5.74. The molecule has 17 heavy (non-hydrogen) atoms. The van der Waals surface area contributed by atoms with Gasteiger partial charge in [-0.3, -0.25) is 0 Å². The third-order valence-electron chi connectivity index (χ3n) is 2.58. The molecule has 0 unspecified atom stereocenters. The maximum atomic E-state index is 5.74. The van der Waals surface area contributed by atoms with Crippen molar-refractivity contribution in [2.45, 2.75) is 33.6 Å². The van der Waals surface area contributed by atoms with Crippen molar-refractivity contribution in [2.75, 3.05) is 6.61 Å². The zero-order chi connectivity index (χ0) is 12.8. The second-order valence-electron chi connectivity index (χ2n) is 4.75. The van der Waals surface area contributed by atoms with E-state index in [1.165, 1.54) is 6.42 Å². The van der Waals surface area contributed by atoms with Gasteiger partial charge in [0.2, 0.25) is 0 Å². The molecule has 0 saturated carbocycles. The molecule has 0 aliphatic heterocycles. The van der Waals surface area contributed by atoms with Crippen LogP contribution in [0.4, 0.5) is 0 Å². The fourth-order valence-corrected chi connectivity index (χ4v) is 1.80. The maximum Gasteiger partial charge on any atom is 0.129 e. The Labute approximate surface area is 109 Å². The lowest BCUT2D eigenvalue weighted by Gasteiger charge is -2.12. The van der Waals surface area contributed by atoms with Crippen molar-refractivity contribution in [3.05, 3.63) is 29.3 Å². The van der Waals surface area contributed by atoms with Crippen molar-refractivity contribution < 1.29 is 4.74 Å². The van der Waals surface area contributed by atoms with E-state index in [-0.39, 0.29) is 0 Å². The Kier molecular flexibility index (Phi) is 5.42. The van der Waals surface area contributed by atoms with E-state index in [4.69, 9.17) is 22.7 Å². The van der Waals surface area contributed by atoms with Gasteiger partial charge in [-0.1, -0.05) is 37.7 Å². The summed E-state index contributed by atoms with van der Waals surface area (Å²) < 4.78 is 5.74. The van der Waals surface area contributed by atoms with Crippen molar-refractivity contribution in [3.8, 4) is 5.75 Å². The first-order valence-electron chi connectivity index (χ1n) is 6.04. The monoisotopic (exact) mass is 251 g/mol. The average molecular weight is 251 g/mol. The summed E-state index contributed by atoms with van der Waals surface area (Å²) in [6.45, 7) is 7.17. The number of rotatable bonds is 6. The predicted molar refractivity (Wildman–Crippen MR) is 76.6 cm³/mol. The lowest BCUT2D eigenvalue weighted by molar-refractivity contribution is 0.297. The SMILES string of the molecule is Cc1ccc(OCCCC(C)C)c(C(N)=S)c1. The smallest absolute Gasteiger partial charge is 0.129 e. The molecule has 0 aliphatic carbocycles. The van der Waals surface area contributed by atoms with Crippen LogP contribution in [0, 0.1) is 12.8 Å². The highest BCUT2D eigenvalue weighted by molar-refractivity contribution is 7.80. The topological polar surface area (TPSA) is 35.2 Å². The number of thiocarbonyl (C=S) groups is 1. The fourth-order valence-electron chi connectivity index (χ4n) is 1.64. The van der Waals surface area contributed by atoms with Crippen LogP contribution in [-0.4, -0.2) is 11.6 Å². The number of benzene rings is 1. The first-order valence-corrected chi connectivity index (χ1v) is 6.44. The van der Waals surface area contributed by atoms with Crippen molar-refractivity contribution in [1.82, 2.24) is 0 Å². The Morgan fingerprint density at radius 1 is 1.41 bits per heavy atom. The first kappa shape index (κ1) is 14.0. The van der Waals surface area contributed by atoms with Crippen LogP contribution in [0.3, 0.4) is 0 Å². The van der Waals surface area contributed by atoms with Gasteiger partial charge in [0.15, 0.2) is 0 Å². The Bertz CT molecular complexity index is 388. The Morgan fingerprint density at radius 3 is 2.71 bits per heavy atom.